The van der Waals surface area contributed by atoms with Crippen molar-refractivity contribution in [3.8, 4) is 10.7 Å². The van der Waals surface area contributed by atoms with Gasteiger partial charge in [0.2, 0.25) is 5.95 Å². The standard InChI is InChI=1S/C20H20N6S/c1-25(2)20-21-11-14(12-22-20)13-26(3)19-15-7-4-5-8-16(15)23-18(24-19)17-9-6-10-27-17/h4-12H,13H2,1-3H3. The first kappa shape index (κ1) is 17.4. The van der Waals surface area contributed by atoms with Gasteiger partial charge < -0.3 is 9.80 Å². The number of fused-ring (bicyclic) bond motifs is 1. The minimum absolute atomic E-state index is 0.665. The quantitative estimate of drug-likeness (QED) is 0.527. The number of aromatic nitrogens is 4. The van der Waals surface area contributed by atoms with Crippen LogP contribution in [0.15, 0.2) is 54.2 Å². The van der Waals surface area contributed by atoms with E-state index in [9.17, 15) is 0 Å². The Labute approximate surface area is 162 Å². The first-order valence-corrected chi connectivity index (χ1v) is 9.50. The summed E-state index contributed by atoms with van der Waals surface area (Å²) in [6.07, 6.45) is 3.73. The smallest absolute Gasteiger partial charge is 0.224 e. The van der Waals surface area contributed by atoms with E-state index < -0.39 is 0 Å². The topological polar surface area (TPSA) is 58.0 Å². The largest absolute Gasteiger partial charge is 0.355 e. The van der Waals surface area contributed by atoms with E-state index in [4.69, 9.17) is 9.97 Å². The molecule has 0 N–H and O–H groups in total. The second-order valence-electron chi connectivity index (χ2n) is 6.51. The third-order valence-electron chi connectivity index (χ3n) is 4.20. The monoisotopic (exact) mass is 376 g/mol. The van der Waals surface area contributed by atoms with Crippen LogP contribution in [-0.4, -0.2) is 41.1 Å². The Kier molecular flexibility index (Phi) is 4.68. The lowest BCUT2D eigenvalue weighted by Gasteiger charge is -2.20. The fourth-order valence-electron chi connectivity index (χ4n) is 2.88. The Hall–Kier alpha value is -3.06. The summed E-state index contributed by atoms with van der Waals surface area (Å²) in [4.78, 5) is 23.5. The van der Waals surface area contributed by atoms with Gasteiger partial charge in [0.25, 0.3) is 0 Å². The fraction of sp³-hybridized carbons (Fsp3) is 0.200. The molecule has 3 heterocycles. The molecule has 27 heavy (non-hydrogen) atoms. The molecule has 0 saturated heterocycles. The fourth-order valence-corrected chi connectivity index (χ4v) is 3.53. The molecular formula is C20H20N6S. The normalized spacial score (nSPS) is 10.9. The van der Waals surface area contributed by atoms with E-state index in [1.807, 2.05) is 74.1 Å². The van der Waals surface area contributed by atoms with Crippen LogP contribution in [0.5, 0.6) is 0 Å². The van der Waals surface area contributed by atoms with E-state index in [2.05, 4.69) is 20.9 Å². The van der Waals surface area contributed by atoms with Crippen molar-refractivity contribution < 1.29 is 0 Å². The molecule has 0 fully saturated rings. The van der Waals surface area contributed by atoms with Crippen LogP contribution in [0.25, 0.3) is 21.6 Å². The van der Waals surface area contributed by atoms with Gasteiger partial charge in [-0.2, -0.15) is 0 Å². The van der Waals surface area contributed by atoms with E-state index in [0.29, 0.717) is 12.5 Å². The van der Waals surface area contributed by atoms with Crippen molar-refractivity contribution in [2.24, 2.45) is 0 Å². The van der Waals surface area contributed by atoms with Crippen LogP contribution >= 0.6 is 11.3 Å². The minimum Gasteiger partial charge on any atom is -0.355 e. The molecule has 4 aromatic rings. The van der Waals surface area contributed by atoms with E-state index >= 15 is 0 Å². The van der Waals surface area contributed by atoms with Crippen molar-refractivity contribution >= 4 is 34.0 Å². The zero-order chi connectivity index (χ0) is 18.8. The molecule has 0 radical (unpaired) electrons. The minimum atomic E-state index is 0.665. The summed E-state index contributed by atoms with van der Waals surface area (Å²) in [6, 6.07) is 12.2. The predicted molar refractivity (Wildman–Crippen MR) is 111 cm³/mol. The Morgan fingerprint density at radius 2 is 1.70 bits per heavy atom. The molecule has 0 aliphatic carbocycles. The van der Waals surface area contributed by atoms with Gasteiger partial charge in [-0.1, -0.05) is 18.2 Å². The zero-order valence-corrected chi connectivity index (χ0v) is 16.3. The van der Waals surface area contributed by atoms with Gasteiger partial charge >= 0.3 is 0 Å². The van der Waals surface area contributed by atoms with Crippen LogP contribution in [0, 0.1) is 0 Å². The molecule has 0 unspecified atom stereocenters. The van der Waals surface area contributed by atoms with Crippen molar-refractivity contribution in [3.63, 3.8) is 0 Å². The first-order valence-electron chi connectivity index (χ1n) is 8.62. The molecule has 6 nitrogen and oxygen atoms in total. The summed E-state index contributed by atoms with van der Waals surface area (Å²) in [7, 11) is 5.90. The summed E-state index contributed by atoms with van der Waals surface area (Å²) in [5, 5.41) is 3.08. The number of hydrogen-bond donors (Lipinski definition) is 0. The maximum absolute atomic E-state index is 4.86. The van der Waals surface area contributed by atoms with Crippen LogP contribution in [0.2, 0.25) is 0 Å². The summed E-state index contributed by atoms with van der Waals surface area (Å²) in [6.45, 7) is 0.665. The number of benzene rings is 1. The predicted octanol–water partition coefficient (Wildman–Crippen LogP) is 3.85. The molecule has 4 rings (SSSR count). The third-order valence-corrected chi connectivity index (χ3v) is 5.06. The van der Waals surface area contributed by atoms with Crippen molar-refractivity contribution in [1.82, 2.24) is 19.9 Å². The molecule has 3 aromatic heterocycles. The molecule has 0 bridgehead atoms. The van der Waals surface area contributed by atoms with Gasteiger partial charge in [0.05, 0.1) is 10.4 Å². The lowest BCUT2D eigenvalue weighted by atomic mass is 10.2. The molecular weight excluding hydrogens is 356 g/mol. The molecule has 136 valence electrons. The third kappa shape index (κ3) is 3.59. The summed E-state index contributed by atoms with van der Waals surface area (Å²) < 4.78 is 0. The highest BCUT2D eigenvalue weighted by molar-refractivity contribution is 7.13. The van der Waals surface area contributed by atoms with Gasteiger partial charge in [-0.15, -0.1) is 11.3 Å². The maximum atomic E-state index is 4.86. The number of rotatable bonds is 5. The molecule has 1 aromatic carbocycles. The van der Waals surface area contributed by atoms with Gasteiger partial charge in [0.1, 0.15) is 5.82 Å². The highest BCUT2D eigenvalue weighted by Gasteiger charge is 2.14. The summed E-state index contributed by atoms with van der Waals surface area (Å²) in [5.41, 5.74) is 1.97. The van der Waals surface area contributed by atoms with E-state index in [1.165, 1.54) is 0 Å². The first-order chi connectivity index (χ1) is 13.1. The Balaban J connectivity index is 1.71. The average molecular weight is 376 g/mol. The number of hydrogen-bond acceptors (Lipinski definition) is 7. The van der Waals surface area contributed by atoms with E-state index in [0.717, 1.165) is 33.0 Å². The second-order valence-corrected chi connectivity index (χ2v) is 7.45. The molecule has 0 saturated carbocycles. The van der Waals surface area contributed by atoms with Crippen LogP contribution in [0.3, 0.4) is 0 Å². The summed E-state index contributed by atoms with van der Waals surface area (Å²) >= 11 is 1.65. The Morgan fingerprint density at radius 1 is 0.926 bits per heavy atom. The van der Waals surface area contributed by atoms with Gasteiger partial charge in [-0.25, -0.2) is 19.9 Å². The number of para-hydroxylation sites is 1. The van der Waals surface area contributed by atoms with Crippen LogP contribution in [-0.2, 0) is 6.54 Å². The second kappa shape index (κ2) is 7.28. The number of anilines is 2. The lowest BCUT2D eigenvalue weighted by Crippen LogP contribution is -2.19. The van der Waals surface area contributed by atoms with Gasteiger partial charge in [0.15, 0.2) is 5.82 Å². The molecule has 0 spiro atoms. The highest BCUT2D eigenvalue weighted by atomic mass is 32.1. The number of nitrogens with zero attached hydrogens (tertiary/aromatic N) is 6. The molecule has 0 aliphatic heterocycles. The van der Waals surface area contributed by atoms with Crippen LogP contribution in [0.4, 0.5) is 11.8 Å². The van der Waals surface area contributed by atoms with Gasteiger partial charge in [-0.3, -0.25) is 0 Å². The zero-order valence-electron chi connectivity index (χ0n) is 15.5. The van der Waals surface area contributed by atoms with Gasteiger partial charge in [0, 0.05) is 51.0 Å². The number of thiophene rings is 1. The van der Waals surface area contributed by atoms with Crippen LogP contribution < -0.4 is 9.80 Å². The van der Waals surface area contributed by atoms with Crippen molar-refractivity contribution in [2.75, 3.05) is 30.9 Å². The summed E-state index contributed by atoms with van der Waals surface area (Å²) in [5.74, 6) is 2.36. The van der Waals surface area contributed by atoms with Crippen molar-refractivity contribution in [3.05, 3.63) is 59.7 Å². The lowest BCUT2D eigenvalue weighted by molar-refractivity contribution is 0.878. The van der Waals surface area contributed by atoms with Crippen molar-refractivity contribution in [1.29, 1.82) is 0 Å². The van der Waals surface area contributed by atoms with Gasteiger partial charge in [-0.05, 0) is 23.6 Å². The SMILES string of the molecule is CN(C)c1ncc(CN(C)c2nc(-c3cccs3)nc3ccccc23)cn1. The molecule has 0 amide bonds. The van der Waals surface area contributed by atoms with E-state index in [-0.39, 0.29) is 0 Å². The molecule has 0 aliphatic rings. The van der Waals surface area contributed by atoms with E-state index in [1.54, 1.807) is 11.3 Å². The highest BCUT2D eigenvalue weighted by Crippen LogP contribution is 2.29. The van der Waals surface area contributed by atoms with Crippen molar-refractivity contribution in [2.45, 2.75) is 6.54 Å². The maximum Gasteiger partial charge on any atom is 0.224 e. The Morgan fingerprint density at radius 3 is 2.41 bits per heavy atom. The van der Waals surface area contributed by atoms with Crippen LogP contribution in [0.1, 0.15) is 5.56 Å². The Bertz CT molecular complexity index is 1040. The molecule has 0 atom stereocenters. The average Bonchev–Trinajstić information content (AvgIpc) is 3.22. The molecule has 7 heteroatoms.